The van der Waals surface area contributed by atoms with Gasteiger partial charge in [-0.05, 0) is 31.6 Å². The van der Waals surface area contributed by atoms with Gasteiger partial charge in [0.1, 0.15) is 22.4 Å². The number of piperazine rings is 1. The lowest BCUT2D eigenvalue weighted by molar-refractivity contribution is -0.900. The number of hydrogen-bond acceptors (Lipinski definition) is 6. The molecule has 1 aliphatic rings. The van der Waals surface area contributed by atoms with Crippen LogP contribution in [-0.4, -0.2) is 58.5 Å². The highest BCUT2D eigenvalue weighted by Gasteiger charge is 2.36. The largest absolute Gasteiger partial charge is 1.00 e. The molecule has 1 fully saturated rings. The van der Waals surface area contributed by atoms with Crippen molar-refractivity contribution in [2.24, 2.45) is 0 Å². The third-order valence-electron chi connectivity index (χ3n) is 5.97. The van der Waals surface area contributed by atoms with Crippen molar-refractivity contribution in [1.82, 2.24) is 19.5 Å². The molecule has 0 unspecified atom stereocenters. The number of aryl methyl sites for hydroxylation is 2. The quantitative estimate of drug-likeness (QED) is 0.295. The van der Waals surface area contributed by atoms with E-state index in [1.165, 1.54) is 16.7 Å². The molecular weight excluding hydrogens is 501 g/mol. The van der Waals surface area contributed by atoms with Crippen molar-refractivity contribution in [2.45, 2.75) is 63.7 Å². The van der Waals surface area contributed by atoms with Crippen LogP contribution in [0.3, 0.4) is 0 Å². The lowest BCUT2D eigenvalue weighted by Gasteiger charge is -2.33. The SMILES string of the molecule is CSc1nc(=O)n(CCCC[NH+]2CCN(c3cc(C(F)(F)F)nc(C(C)(C)C)n3)CC2)cc1C.[Cl-]. The molecule has 0 radical (unpaired) electrons. The van der Waals surface area contributed by atoms with Gasteiger partial charge in [-0.1, -0.05) is 20.8 Å². The zero-order chi connectivity index (χ0) is 25.1. The van der Waals surface area contributed by atoms with E-state index >= 15 is 0 Å². The van der Waals surface area contributed by atoms with Crippen LogP contribution in [-0.2, 0) is 18.1 Å². The summed E-state index contributed by atoms with van der Waals surface area (Å²) in [6.45, 7) is 12.0. The average molecular weight is 535 g/mol. The first-order valence-electron chi connectivity index (χ1n) is 11.6. The van der Waals surface area contributed by atoms with Crippen molar-refractivity contribution in [1.29, 1.82) is 0 Å². The molecule has 0 aliphatic carbocycles. The molecule has 12 heteroatoms. The van der Waals surface area contributed by atoms with Crippen LogP contribution in [0.15, 0.2) is 22.1 Å². The molecule has 7 nitrogen and oxygen atoms in total. The Bertz CT molecular complexity index is 1020. The molecule has 1 saturated heterocycles. The standard InChI is InChI=1S/C23H33F3N6OS.ClH/c1-16-15-32(21(33)29-19(16)34-5)9-7-6-8-30-10-12-31(13-11-30)18-14-17(23(24,25)26)27-20(28-18)22(2,3)4;/h14-15H,6-13H2,1-5H3;1H. The average Bonchev–Trinajstić information content (AvgIpc) is 2.77. The molecule has 0 aromatic carbocycles. The Morgan fingerprint density at radius 3 is 2.31 bits per heavy atom. The van der Waals surface area contributed by atoms with Gasteiger partial charge < -0.3 is 22.2 Å². The van der Waals surface area contributed by atoms with E-state index in [9.17, 15) is 18.0 Å². The molecule has 196 valence electrons. The van der Waals surface area contributed by atoms with Crippen LogP contribution < -0.4 is 27.9 Å². The molecule has 3 heterocycles. The van der Waals surface area contributed by atoms with E-state index in [0.29, 0.717) is 25.5 Å². The smallest absolute Gasteiger partial charge is 0.433 e. The Morgan fingerprint density at radius 2 is 1.74 bits per heavy atom. The first-order valence-corrected chi connectivity index (χ1v) is 12.8. The van der Waals surface area contributed by atoms with Gasteiger partial charge in [0.25, 0.3) is 0 Å². The van der Waals surface area contributed by atoms with E-state index in [1.54, 1.807) is 4.57 Å². The lowest BCUT2D eigenvalue weighted by atomic mass is 9.95. The molecule has 2 aromatic heterocycles. The zero-order valence-electron chi connectivity index (χ0n) is 20.9. The molecule has 2 aromatic rings. The van der Waals surface area contributed by atoms with E-state index in [1.807, 2.05) is 45.0 Å². The molecule has 35 heavy (non-hydrogen) atoms. The Hall–Kier alpha value is -1.85. The Morgan fingerprint density at radius 1 is 1.09 bits per heavy atom. The number of thioether (sulfide) groups is 1. The normalized spacial score (nSPS) is 15.3. The maximum absolute atomic E-state index is 13.4. The van der Waals surface area contributed by atoms with Gasteiger partial charge in [0.2, 0.25) is 0 Å². The fourth-order valence-electron chi connectivity index (χ4n) is 3.99. The molecule has 1 N–H and O–H groups in total. The van der Waals surface area contributed by atoms with Crippen LogP contribution >= 0.6 is 11.8 Å². The van der Waals surface area contributed by atoms with Gasteiger partial charge >= 0.3 is 11.9 Å². The van der Waals surface area contributed by atoms with Crippen LogP contribution in [0.1, 0.15) is 50.7 Å². The maximum Gasteiger partial charge on any atom is 0.433 e. The highest BCUT2D eigenvalue weighted by Crippen LogP contribution is 2.32. The summed E-state index contributed by atoms with van der Waals surface area (Å²) in [5, 5.41) is 0.768. The summed E-state index contributed by atoms with van der Waals surface area (Å²) in [6.07, 6.45) is 1.12. The molecular formula is C23H34ClF3N6OS. The number of quaternary nitrogens is 1. The van der Waals surface area contributed by atoms with Crippen LogP contribution in [0.2, 0.25) is 0 Å². The topological polar surface area (TPSA) is 68.3 Å². The molecule has 3 rings (SSSR count). The monoisotopic (exact) mass is 534 g/mol. The summed E-state index contributed by atoms with van der Waals surface area (Å²) >= 11 is 1.47. The molecule has 0 amide bonds. The van der Waals surface area contributed by atoms with Crippen molar-refractivity contribution in [2.75, 3.05) is 43.9 Å². The Labute approximate surface area is 214 Å². The second kappa shape index (κ2) is 11.9. The third-order valence-corrected chi connectivity index (χ3v) is 6.77. The van der Waals surface area contributed by atoms with Gasteiger partial charge in [0.05, 0.1) is 32.7 Å². The minimum absolute atomic E-state index is 0. The number of halogens is 4. The number of alkyl halides is 3. The maximum atomic E-state index is 13.4. The number of hydrogen-bond donors (Lipinski definition) is 1. The summed E-state index contributed by atoms with van der Waals surface area (Å²) in [5.74, 6) is 0.555. The van der Waals surface area contributed by atoms with Crippen molar-refractivity contribution in [3.05, 3.63) is 39.8 Å². The van der Waals surface area contributed by atoms with Gasteiger partial charge in [0, 0.05) is 24.2 Å². The second-order valence-electron chi connectivity index (χ2n) is 9.79. The van der Waals surface area contributed by atoms with Gasteiger partial charge in [-0.25, -0.2) is 14.8 Å². The minimum Gasteiger partial charge on any atom is -1.00 e. The number of unbranched alkanes of at least 4 members (excludes halogenated alkanes) is 1. The second-order valence-corrected chi connectivity index (χ2v) is 10.6. The lowest BCUT2D eigenvalue weighted by Crippen LogP contribution is -3.14. The van der Waals surface area contributed by atoms with Crippen molar-refractivity contribution < 1.29 is 30.5 Å². The van der Waals surface area contributed by atoms with E-state index in [2.05, 4.69) is 15.0 Å². The molecule has 0 bridgehead atoms. The van der Waals surface area contributed by atoms with E-state index in [4.69, 9.17) is 0 Å². The summed E-state index contributed by atoms with van der Waals surface area (Å²) in [6, 6.07) is 1.07. The number of aromatic nitrogens is 4. The van der Waals surface area contributed by atoms with Gasteiger partial charge in [0.15, 0.2) is 0 Å². The van der Waals surface area contributed by atoms with E-state index in [0.717, 1.165) is 49.1 Å². The van der Waals surface area contributed by atoms with Gasteiger partial charge in [-0.15, -0.1) is 11.8 Å². The highest BCUT2D eigenvalue weighted by molar-refractivity contribution is 7.98. The summed E-state index contributed by atoms with van der Waals surface area (Å²) in [5.41, 5.74) is -0.673. The van der Waals surface area contributed by atoms with Crippen LogP contribution in [0.5, 0.6) is 0 Å². The molecule has 0 atom stereocenters. The molecule has 0 spiro atoms. The van der Waals surface area contributed by atoms with Crippen LogP contribution in [0.4, 0.5) is 19.0 Å². The van der Waals surface area contributed by atoms with Gasteiger partial charge in [-0.3, -0.25) is 4.57 Å². The fourth-order valence-corrected chi connectivity index (χ4v) is 4.53. The Kier molecular flexibility index (Phi) is 10.0. The highest BCUT2D eigenvalue weighted by atomic mass is 35.5. The first-order chi connectivity index (χ1) is 15.9. The van der Waals surface area contributed by atoms with Gasteiger partial charge in [-0.2, -0.15) is 18.2 Å². The molecule has 0 saturated carbocycles. The predicted octanol–water partition coefficient (Wildman–Crippen LogP) is -0.431. The summed E-state index contributed by atoms with van der Waals surface area (Å²) in [4.78, 5) is 27.8. The number of anilines is 1. The predicted molar refractivity (Wildman–Crippen MR) is 128 cm³/mol. The first kappa shape index (κ1) is 29.4. The summed E-state index contributed by atoms with van der Waals surface area (Å²) in [7, 11) is 0. The van der Waals surface area contributed by atoms with Crippen molar-refractivity contribution in [3.8, 4) is 0 Å². The molecule has 1 aliphatic heterocycles. The van der Waals surface area contributed by atoms with E-state index < -0.39 is 17.3 Å². The third kappa shape index (κ3) is 7.82. The number of rotatable bonds is 7. The van der Waals surface area contributed by atoms with Crippen molar-refractivity contribution in [3.63, 3.8) is 0 Å². The minimum atomic E-state index is -4.50. The van der Waals surface area contributed by atoms with Crippen LogP contribution in [0.25, 0.3) is 0 Å². The van der Waals surface area contributed by atoms with Crippen molar-refractivity contribution >= 4 is 17.6 Å². The summed E-state index contributed by atoms with van der Waals surface area (Å²) < 4.78 is 41.9. The number of nitrogens with one attached hydrogen (secondary N) is 1. The Balaban J connectivity index is 0.00000432. The van der Waals surface area contributed by atoms with Crippen LogP contribution in [0, 0.1) is 6.92 Å². The fraction of sp³-hybridized carbons (Fsp3) is 0.652. The van der Waals surface area contributed by atoms with E-state index in [-0.39, 0.29) is 23.9 Å². The number of nitrogens with zero attached hydrogens (tertiary/aromatic N) is 5. The zero-order valence-corrected chi connectivity index (χ0v) is 22.4.